The Labute approximate surface area is 150 Å². The lowest BCUT2D eigenvalue weighted by Crippen LogP contribution is -2.44. The van der Waals surface area contributed by atoms with Crippen LogP contribution in [0.2, 0.25) is 0 Å². The summed E-state index contributed by atoms with van der Waals surface area (Å²) in [6, 6.07) is 5.91. The maximum atomic E-state index is 11.5. The summed E-state index contributed by atoms with van der Waals surface area (Å²) in [5, 5.41) is 18.1. The summed E-state index contributed by atoms with van der Waals surface area (Å²) in [4.78, 5) is 13.6. The molecule has 1 heterocycles. The third-order valence-electron chi connectivity index (χ3n) is 4.89. The van der Waals surface area contributed by atoms with Gasteiger partial charge in [-0.3, -0.25) is 9.69 Å². The van der Waals surface area contributed by atoms with Gasteiger partial charge in [-0.2, -0.15) is 5.26 Å². The molecule has 0 radical (unpaired) electrons. The molecular formula is C20H28N2O3. The van der Waals surface area contributed by atoms with E-state index in [4.69, 9.17) is 10.00 Å². The van der Waals surface area contributed by atoms with Gasteiger partial charge in [-0.05, 0) is 63.3 Å². The van der Waals surface area contributed by atoms with Crippen LogP contribution in [0.5, 0.6) is 5.75 Å². The summed E-state index contributed by atoms with van der Waals surface area (Å²) in [5.41, 5.74) is 3.41. The third-order valence-corrected chi connectivity index (χ3v) is 4.89. The molecule has 0 bridgehead atoms. The van der Waals surface area contributed by atoms with Crippen molar-refractivity contribution in [2.75, 3.05) is 13.2 Å². The van der Waals surface area contributed by atoms with Gasteiger partial charge in [-0.1, -0.05) is 12.5 Å². The van der Waals surface area contributed by atoms with E-state index in [-0.39, 0.29) is 0 Å². The van der Waals surface area contributed by atoms with Gasteiger partial charge in [-0.15, -0.1) is 0 Å². The van der Waals surface area contributed by atoms with Gasteiger partial charge in [-0.25, -0.2) is 0 Å². The average molecular weight is 344 g/mol. The third kappa shape index (κ3) is 5.47. The van der Waals surface area contributed by atoms with Crippen LogP contribution in [0, 0.1) is 25.2 Å². The normalized spacial score (nSPS) is 17.9. The summed E-state index contributed by atoms with van der Waals surface area (Å²) in [5.74, 6) is 0.109. The van der Waals surface area contributed by atoms with Crippen LogP contribution < -0.4 is 4.74 Å². The van der Waals surface area contributed by atoms with Crippen LogP contribution >= 0.6 is 0 Å². The van der Waals surface area contributed by atoms with E-state index >= 15 is 0 Å². The standard InChI is InChI=1S/C20H28N2O3/c1-15-12-17(14-22-10-6-4-8-18(22)20(23)24)19(13-16(15)2)25-11-7-3-5-9-21/h12-13,18H,3-8,10-11,14H2,1-2H3,(H,23,24)/t18-/m0/s1. The minimum Gasteiger partial charge on any atom is -0.493 e. The minimum atomic E-state index is -0.734. The minimum absolute atomic E-state index is 0.404. The molecule has 0 spiro atoms. The molecule has 1 aliphatic rings. The van der Waals surface area contributed by atoms with Gasteiger partial charge in [0.2, 0.25) is 0 Å². The van der Waals surface area contributed by atoms with Crippen LogP contribution in [0.3, 0.4) is 0 Å². The predicted octanol–water partition coefficient (Wildman–Crippen LogP) is 3.82. The molecule has 25 heavy (non-hydrogen) atoms. The lowest BCUT2D eigenvalue weighted by Gasteiger charge is -2.33. The zero-order valence-electron chi connectivity index (χ0n) is 15.3. The SMILES string of the molecule is Cc1cc(CN2CCCC[C@H]2C(=O)O)c(OCCCCC#N)cc1C. The van der Waals surface area contributed by atoms with Gasteiger partial charge >= 0.3 is 5.97 Å². The number of hydrogen-bond donors (Lipinski definition) is 1. The van der Waals surface area contributed by atoms with Crippen molar-refractivity contribution in [3.05, 3.63) is 28.8 Å². The Morgan fingerprint density at radius 2 is 2.08 bits per heavy atom. The number of hydrogen-bond acceptors (Lipinski definition) is 4. The monoisotopic (exact) mass is 344 g/mol. The molecule has 0 aromatic heterocycles. The van der Waals surface area contributed by atoms with Gasteiger partial charge in [0.1, 0.15) is 11.8 Å². The van der Waals surface area contributed by atoms with Crippen molar-refractivity contribution < 1.29 is 14.6 Å². The van der Waals surface area contributed by atoms with E-state index in [2.05, 4.69) is 36.9 Å². The molecule has 1 aliphatic heterocycles. The second-order valence-electron chi connectivity index (χ2n) is 6.83. The second kappa shape index (κ2) is 9.43. The molecule has 136 valence electrons. The number of nitriles is 1. The van der Waals surface area contributed by atoms with E-state index in [9.17, 15) is 9.90 Å². The van der Waals surface area contributed by atoms with Crippen LogP contribution in [0.4, 0.5) is 0 Å². The van der Waals surface area contributed by atoms with E-state index in [0.29, 0.717) is 26.0 Å². The number of aryl methyl sites for hydroxylation is 2. The van der Waals surface area contributed by atoms with E-state index in [1.54, 1.807) is 0 Å². The van der Waals surface area contributed by atoms with Crippen LogP contribution in [0.15, 0.2) is 12.1 Å². The van der Waals surface area contributed by atoms with Crippen molar-refractivity contribution in [2.24, 2.45) is 0 Å². The van der Waals surface area contributed by atoms with Crippen LogP contribution in [-0.4, -0.2) is 35.2 Å². The number of rotatable bonds is 8. The Kier molecular flexibility index (Phi) is 7.27. The zero-order chi connectivity index (χ0) is 18.2. The number of benzene rings is 1. The van der Waals surface area contributed by atoms with Crippen molar-refractivity contribution in [2.45, 2.75) is 65.0 Å². The van der Waals surface area contributed by atoms with Crippen LogP contribution in [0.1, 0.15) is 55.2 Å². The van der Waals surface area contributed by atoms with Crippen LogP contribution in [-0.2, 0) is 11.3 Å². The fraction of sp³-hybridized carbons (Fsp3) is 0.600. The largest absolute Gasteiger partial charge is 0.493 e. The van der Waals surface area contributed by atoms with Crippen molar-refractivity contribution >= 4 is 5.97 Å². The highest BCUT2D eigenvalue weighted by molar-refractivity contribution is 5.73. The quantitative estimate of drug-likeness (QED) is 0.726. The maximum absolute atomic E-state index is 11.5. The van der Waals surface area contributed by atoms with Gasteiger partial charge in [0.25, 0.3) is 0 Å². The number of nitrogens with zero attached hydrogens (tertiary/aromatic N) is 2. The van der Waals surface area contributed by atoms with E-state index in [1.165, 1.54) is 11.1 Å². The highest BCUT2D eigenvalue weighted by atomic mass is 16.5. The number of aliphatic carboxylic acids is 1. The zero-order valence-corrected chi connectivity index (χ0v) is 15.3. The van der Waals surface area contributed by atoms with E-state index in [0.717, 1.165) is 43.5 Å². The van der Waals surface area contributed by atoms with E-state index < -0.39 is 12.0 Å². The summed E-state index contributed by atoms with van der Waals surface area (Å²) in [7, 11) is 0. The summed E-state index contributed by atoms with van der Waals surface area (Å²) in [6.45, 7) is 6.12. The number of carboxylic acid groups (broad SMARTS) is 1. The number of likely N-dealkylation sites (tertiary alicyclic amines) is 1. The summed E-state index contributed by atoms with van der Waals surface area (Å²) < 4.78 is 5.97. The Morgan fingerprint density at radius 3 is 2.80 bits per heavy atom. The van der Waals surface area contributed by atoms with Crippen molar-refractivity contribution in [3.63, 3.8) is 0 Å². The molecular weight excluding hydrogens is 316 g/mol. The number of unbranched alkanes of at least 4 members (excludes halogenated alkanes) is 2. The molecule has 0 aliphatic carbocycles. The van der Waals surface area contributed by atoms with Gasteiger partial charge in [0, 0.05) is 18.5 Å². The predicted molar refractivity (Wildman–Crippen MR) is 96.6 cm³/mol. The number of carboxylic acids is 1. The van der Waals surface area contributed by atoms with E-state index in [1.807, 2.05) is 0 Å². The molecule has 1 aromatic rings. The highest BCUT2D eigenvalue weighted by Gasteiger charge is 2.29. The maximum Gasteiger partial charge on any atom is 0.320 e. The van der Waals surface area contributed by atoms with Gasteiger partial charge in [0.15, 0.2) is 0 Å². The Balaban J connectivity index is 2.10. The molecule has 0 saturated carbocycles. The number of ether oxygens (including phenoxy) is 1. The Hall–Kier alpha value is -2.06. The number of carbonyl (C=O) groups is 1. The van der Waals surface area contributed by atoms with Gasteiger partial charge < -0.3 is 9.84 Å². The van der Waals surface area contributed by atoms with Crippen molar-refractivity contribution in [3.8, 4) is 11.8 Å². The molecule has 1 N–H and O–H groups in total. The Bertz CT molecular complexity index is 637. The summed E-state index contributed by atoms with van der Waals surface area (Å²) >= 11 is 0. The number of piperidine rings is 1. The first-order valence-electron chi connectivity index (χ1n) is 9.09. The average Bonchev–Trinajstić information content (AvgIpc) is 2.59. The molecule has 1 saturated heterocycles. The van der Waals surface area contributed by atoms with Crippen LogP contribution in [0.25, 0.3) is 0 Å². The molecule has 1 fully saturated rings. The second-order valence-corrected chi connectivity index (χ2v) is 6.83. The molecule has 5 heteroatoms. The molecule has 0 unspecified atom stereocenters. The molecule has 2 rings (SSSR count). The smallest absolute Gasteiger partial charge is 0.320 e. The lowest BCUT2D eigenvalue weighted by molar-refractivity contribution is -0.144. The van der Waals surface area contributed by atoms with Crippen molar-refractivity contribution in [1.29, 1.82) is 5.26 Å². The summed E-state index contributed by atoms with van der Waals surface area (Å²) in [6.07, 6.45) is 4.97. The topological polar surface area (TPSA) is 73.6 Å². The molecule has 1 atom stereocenters. The molecule has 1 aromatic carbocycles. The molecule has 5 nitrogen and oxygen atoms in total. The fourth-order valence-corrected chi connectivity index (χ4v) is 3.27. The lowest BCUT2D eigenvalue weighted by atomic mass is 9.99. The van der Waals surface area contributed by atoms with Gasteiger partial charge in [0.05, 0.1) is 12.7 Å². The first-order chi connectivity index (χ1) is 12.0. The van der Waals surface area contributed by atoms with Crippen molar-refractivity contribution in [1.82, 2.24) is 4.90 Å². The first kappa shape index (κ1) is 19.3. The molecule has 0 amide bonds. The Morgan fingerprint density at radius 1 is 1.32 bits per heavy atom. The fourth-order valence-electron chi connectivity index (χ4n) is 3.27. The highest BCUT2D eigenvalue weighted by Crippen LogP contribution is 2.28. The first-order valence-corrected chi connectivity index (χ1v) is 9.09.